The van der Waals surface area contributed by atoms with E-state index >= 15 is 0 Å². The van der Waals surface area contributed by atoms with Crippen molar-refractivity contribution in [3.63, 3.8) is 0 Å². The molecule has 2 aromatic rings. The van der Waals surface area contributed by atoms with Gasteiger partial charge in [-0.1, -0.05) is 12.1 Å². The van der Waals surface area contributed by atoms with E-state index in [1.807, 2.05) is 0 Å². The Kier molecular flexibility index (Phi) is 2.80. The highest BCUT2D eigenvalue weighted by atomic mass is 19.1. The molecule has 0 fully saturated rings. The zero-order valence-corrected chi connectivity index (χ0v) is 8.85. The number of rotatable bonds is 2. The van der Waals surface area contributed by atoms with Gasteiger partial charge in [-0.2, -0.15) is 0 Å². The zero-order chi connectivity index (χ0) is 13.3. The molecule has 0 bridgehead atoms. The number of amides is 1. The summed E-state index contributed by atoms with van der Waals surface area (Å²) in [5.74, 6) is -2.73. The van der Waals surface area contributed by atoms with Crippen LogP contribution in [-0.4, -0.2) is 21.4 Å². The van der Waals surface area contributed by atoms with E-state index in [0.717, 1.165) is 6.07 Å². The van der Waals surface area contributed by atoms with Crippen LogP contribution in [0.4, 0.5) is 15.1 Å². The average Bonchev–Trinajstić information content (AvgIpc) is 2.57. The highest BCUT2D eigenvalue weighted by molar-refractivity contribution is 5.86. The number of benzene rings is 1. The zero-order valence-electron chi connectivity index (χ0n) is 8.85. The van der Waals surface area contributed by atoms with Gasteiger partial charge in [-0.15, -0.1) is 0 Å². The van der Waals surface area contributed by atoms with Crippen molar-refractivity contribution >= 4 is 12.0 Å². The summed E-state index contributed by atoms with van der Waals surface area (Å²) >= 11 is 0. The van der Waals surface area contributed by atoms with Crippen LogP contribution in [0.15, 0.2) is 28.7 Å². The minimum atomic E-state index is -1.47. The maximum Gasteiger partial charge on any atom is 0.411 e. The van der Waals surface area contributed by atoms with Crippen molar-refractivity contribution in [2.75, 3.05) is 5.32 Å². The molecule has 1 aromatic carbocycles. The van der Waals surface area contributed by atoms with Crippen LogP contribution in [0.2, 0.25) is 0 Å². The molecule has 94 valence electrons. The Morgan fingerprint density at radius 1 is 1.28 bits per heavy atom. The van der Waals surface area contributed by atoms with Gasteiger partial charge in [0.15, 0.2) is 5.76 Å². The number of furan rings is 1. The first kappa shape index (κ1) is 11.8. The lowest BCUT2D eigenvalue weighted by molar-refractivity contribution is 0.209. The fraction of sp³-hybridized carbons (Fsp3) is 0. The molecule has 0 atom stereocenters. The lowest BCUT2D eigenvalue weighted by Crippen LogP contribution is -2.06. The number of nitrogens with one attached hydrogen (secondary N) is 1. The average molecular weight is 253 g/mol. The molecule has 0 radical (unpaired) electrons. The Bertz CT molecular complexity index is 607. The van der Waals surface area contributed by atoms with E-state index in [4.69, 9.17) is 9.52 Å². The van der Waals surface area contributed by atoms with Gasteiger partial charge in [-0.3, -0.25) is 5.32 Å². The van der Waals surface area contributed by atoms with Gasteiger partial charge in [0.25, 0.3) is 0 Å². The van der Waals surface area contributed by atoms with Crippen LogP contribution in [0.25, 0.3) is 11.3 Å². The molecule has 0 aliphatic heterocycles. The molecule has 6 nitrogen and oxygen atoms in total. The molecule has 4 N–H and O–H groups in total. The molecular weight excluding hydrogens is 245 g/mol. The van der Waals surface area contributed by atoms with E-state index in [1.54, 1.807) is 5.32 Å². The van der Waals surface area contributed by atoms with Gasteiger partial charge in [0.05, 0.1) is 0 Å². The normalized spacial score (nSPS) is 10.3. The first-order valence-electron chi connectivity index (χ1n) is 4.79. The molecular formula is C11H8FNO5. The molecule has 0 aliphatic carbocycles. The van der Waals surface area contributed by atoms with Crippen molar-refractivity contribution < 1.29 is 28.9 Å². The summed E-state index contributed by atoms with van der Waals surface area (Å²) in [6, 6.07) is 5.09. The molecule has 0 saturated carbocycles. The molecule has 2 rings (SSSR count). The standard InChI is InChI=1S/C11H8FNO5/c12-6-3-1-2-5(4-6)9-7(14)8(15)10(18-9)13-11(16)17/h1-4,13-15H,(H,16,17). The summed E-state index contributed by atoms with van der Waals surface area (Å²) in [5, 5.41) is 29.3. The van der Waals surface area contributed by atoms with E-state index < -0.39 is 29.3 Å². The molecule has 0 unspecified atom stereocenters. The molecule has 1 aromatic heterocycles. The fourth-order valence-electron chi connectivity index (χ4n) is 1.42. The predicted octanol–water partition coefficient (Wildman–Crippen LogP) is 2.59. The minimum Gasteiger partial charge on any atom is -0.502 e. The summed E-state index contributed by atoms with van der Waals surface area (Å²) < 4.78 is 17.9. The lowest BCUT2D eigenvalue weighted by atomic mass is 10.1. The summed E-state index contributed by atoms with van der Waals surface area (Å²) in [4.78, 5) is 10.4. The van der Waals surface area contributed by atoms with Gasteiger partial charge in [0.2, 0.25) is 17.4 Å². The van der Waals surface area contributed by atoms with Crippen molar-refractivity contribution in [1.82, 2.24) is 0 Å². The predicted molar refractivity (Wildman–Crippen MR) is 59.1 cm³/mol. The second-order valence-electron chi connectivity index (χ2n) is 3.40. The van der Waals surface area contributed by atoms with E-state index in [0.29, 0.717) is 0 Å². The van der Waals surface area contributed by atoms with Crippen LogP contribution in [0, 0.1) is 5.82 Å². The van der Waals surface area contributed by atoms with Crippen LogP contribution in [0.5, 0.6) is 11.5 Å². The van der Waals surface area contributed by atoms with Crippen molar-refractivity contribution in [3.05, 3.63) is 30.1 Å². The third kappa shape index (κ3) is 2.05. The summed E-state index contributed by atoms with van der Waals surface area (Å²) in [6.45, 7) is 0. The lowest BCUT2D eigenvalue weighted by Gasteiger charge is -1.97. The highest BCUT2D eigenvalue weighted by Gasteiger charge is 2.22. The number of aromatic hydroxyl groups is 2. The Morgan fingerprint density at radius 2 is 2.00 bits per heavy atom. The van der Waals surface area contributed by atoms with Crippen molar-refractivity contribution in [3.8, 4) is 22.8 Å². The Hall–Kier alpha value is -2.70. The number of hydrogen-bond acceptors (Lipinski definition) is 4. The molecule has 18 heavy (non-hydrogen) atoms. The number of anilines is 1. The highest BCUT2D eigenvalue weighted by Crippen LogP contribution is 2.45. The number of carboxylic acid groups (broad SMARTS) is 1. The number of hydrogen-bond donors (Lipinski definition) is 4. The Balaban J connectivity index is 2.49. The largest absolute Gasteiger partial charge is 0.502 e. The molecule has 0 spiro atoms. The second kappa shape index (κ2) is 4.28. The fourth-order valence-corrected chi connectivity index (χ4v) is 1.42. The van der Waals surface area contributed by atoms with Crippen LogP contribution in [0.1, 0.15) is 0 Å². The third-order valence-corrected chi connectivity index (χ3v) is 2.17. The van der Waals surface area contributed by atoms with Crippen LogP contribution >= 0.6 is 0 Å². The molecule has 1 heterocycles. The molecule has 0 saturated heterocycles. The van der Waals surface area contributed by atoms with Gasteiger partial charge >= 0.3 is 6.09 Å². The first-order valence-corrected chi connectivity index (χ1v) is 4.79. The topological polar surface area (TPSA) is 103 Å². The van der Waals surface area contributed by atoms with E-state index in [1.165, 1.54) is 18.2 Å². The second-order valence-corrected chi connectivity index (χ2v) is 3.40. The van der Waals surface area contributed by atoms with E-state index in [-0.39, 0.29) is 11.3 Å². The third-order valence-electron chi connectivity index (χ3n) is 2.17. The Labute approximate surface area is 99.9 Å². The summed E-state index contributed by atoms with van der Waals surface area (Å²) in [7, 11) is 0. The number of halogens is 1. The monoisotopic (exact) mass is 253 g/mol. The van der Waals surface area contributed by atoms with Crippen LogP contribution < -0.4 is 5.32 Å². The maximum atomic E-state index is 13.0. The molecule has 1 amide bonds. The quantitative estimate of drug-likeness (QED) is 0.658. The van der Waals surface area contributed by atoms with Gasteiger partial charge in [-0.25, -0.2) is 9.18 Å². The SMILES string of the molecule is O=C(O)Nc1oc(-c2cccc(F)c2)c(O)c1O. The summed E-state index contributed by atoms with van der Waals surface area (Å²) in [6.07, 6.45) is -1.47. The van der Waals surface area contributed by atoms with Crippen molar-refractivity contribution in [2.24, 2.45) is 0 Å². The van der Waals surface area contributed by atoms with E-state index in [2.05, 4.69) is 0 Å². The first-order chi connectivity index (χ1) is 8.49. The maximum absolute atomic E-state index is 13.0. The Morgan fingerprint density at radius 3 is 2.61 bits per heavy atom. The van der Waals surface area contributed by atoms with Crippen LogP contribution in [0.3, 0.4) is 0 Å². The van der Waals surface area contributed by atoms with Crippen LogP contribution in [-0.2, 0) is 0 Å². The van der Waals surface area contributed by atoms with Gasteiger partial charge in [0.1, 0.15) is 5.82 Å². The van der Waals surface area contributed by atoms with Gasteiger partial charge in [-0.05, 0) is 12.1 Å². The molecule has 0 aliphatic rings. The minimum absolute atomic E-state index is 0.168. The van der Waals surface area contributed by atoms with Crippen molar-refractivity contribution in [1.29, 1.82) is 0 Å². The van der Waals surface area contributed by atoms with E-state index in [9.17, 15) is 19.4 Å². The summed E-state index contributed by atoms with van der Waals surface area (Å²) in [5.41, 5.74) is 0.168. The smallest absolute Gasteiger partial charge is 0.411 e. The number of carbonyl (C=O) groups is 1. The van der Waals surface area contributed by atoms with Crippen molar-refractivity contribution in [2.45, 2.75) is 0 Å². The van der Waals surface area contributed by atoms with Gasteiger partial charge < -0.3 is 19.7 Å². The molecule has 7 heteroatoms. The van der Waals surface area contributed by atoms with Gasteiger partial charge in [0, 0.05) is 5.56 Å².